The van der Waals surface area contributed by atoms with Gasteiger partial charge in [0.15, 0.2) is 5.82 Å². The normalized spacial score (nSPS) is 12.1. The SMILES string of the molecule is Cc1nn(CC(C)C)c(C)c1S(=O)(=O)Nc1n[nH]c(C)c1C. The maximum Gasteiger partial charge on any atom is 0.266 e. The van der Waals surface area contributed by atoms with Crippen LogP contribution in [0.2, 0.25) is 0 Å². The zero-order chi connectivity index (χ0) is 16.7. The van der Waals surface area contributed by atoms with Crippen LogP contribution in [0.5, 0.6) is 0 Å². The summed E-state index contributed by atoms with van der Waals surface area (Å²) < 4.78 is 29.7. The van der Waals surface area contributed by atoms with E-state index in [0.29, 0.717) is 29.7 Å². The Balaban J connectivity index is 2.42. The Morgan fingerprint density at radius 3 is 2.36 bits per heavy atom. The summed E-state index contributed by atoms with van der Waals surface area (Å²) in [4.78, 5) is 0.230. The van der Waals surface area contributed by atoms with Crippen molar-refractivity contribution in [1.82, 2.24) is 20.0 Å². The lowest BCUT2D eigenvalue weighted by molar-refractivity contribution is 0.472. The molecule has 22 heavy (non-hydrogen) atoms. The molecule has 7 nitrogen and oxygen atoms in total. The summed E-state index contributed by atoms with van der Waals surface area (Å²) in [5.41, 5.74) is 2.76. The molecule has 8 heteroatoms. The maximum atomic E-state index is 12.7. The number of H-pyrrole nitrogens is 1. The number of aromatic amines is 1. The average Bonchev–Trinajstić information content (AvgIpc) is 2.83. The van der Waals surface area contributed by atoms with Gasteiger partial charge < -0.3 is 0 Å². The van der Waals surface area contributed by atoms with Crippen LogP contribution in [0.3, 0.4) is 0 Å². The van der Waals surface area contributed by atoms with Crippen molar-refractivity contribution in [3.05, 3.63) is 22.6 Å². The third-order valence-electron chi connectivity index (χ3n) is 3.61. The van der Waals surface area contributed by atoms with Gasteiger partial charge in [-0.15, -0.1) is 0 Å². The van der Waals surface area contributed by atoms with Crippen molar-refractivity contribution in [2.45, 2.75) is 53.0 Å². The number of sulfonamides is 1. The van der Waals surface area contributed by atoms with Crippen molar-refractivity contribution in [2.75, 3.05) is 4.72 Å². The molecular weight excluding hydrogens is 302 g/mol. The molecular formula is C14H23N5O2S. The molecule has 0 aliphatic carbocycles. The Kier molecular flexibility index (Phi) is 4.32. The summed E-state index contributed by atoms with van der Waals surface area (Å²) >= 11 is 0. The van der Waals surface area contributed by atoms with Gasteiger partial charge in [-0.1, -0.05) is 13.8 Å². The molecule has 0 unspecified atom stereocenters. The minimum absolute atomic E-state index is 0.230. The van der Waals surface area contributed by atoms with Crippen LogP contribution in [-0.4, -0.2) is 28.4 Å². The highest BCUT2D eigenvalue weighted by Crippen LogP contribution is 2.24. The van der Waals surface area contributed by atoms with E-state index in [-0.39, 0.29) is 4.90 Å². The van der Waals surface area contributed by atoms with Crippen LogP contribution in [0, 0.1) is 33.6 Å². The Morgan fingerprint density at radius 2 is 1.86 bits per heavy atom. The first-order valence-corrected chi connectivity index (χ1v) is 8.70. The fraction of sp³-hybridized carbons (Fsp3) is 0.571. The molecule has 0 aliphatic heterocycles. The lowest BCUT2D eigenvalue weighted by Crippen LogP contribution is -2.16. The molecule has 2 rings (SSSR count). The molecule has 0 radical (unpaired) electrons. The first-order chi connectivity index (χ1) is 10.1. The lowest BCUT2D eigenvalue weighted by Gasteiger charge is -2.09. The molecule has 0 amide bonds. The number of hydrogen-bond donors (Lipinski definition) is 2. The fourth-order valence-electron chi connectivity index (χ4n) is 2.36. The van der Waals surface area contributed by atoms with E-state index in [4.69, 9.17) is 0 Å². The highest BCUT2D eigenvalue weighted by Gasteiger charge is 2.26. The molecule has 0 saturated heterocycles. The highest BCUT2D eigenvalue weighted by atomic mass is 32.2. The van der Waals surface area contributed by atoms with Crippen molar-refractivity contribution in [2.24, 2.45) is 5.92 Å². The van der Waals surface area contributed by atoms with Gasteiger partial charge in [0.25, 0.3) is 10.0 Å². The van der Waals surface area contributed by atoms with Gasteiger partial charge in [-0.3, -0.25) is 14.5 Å². The molecule has 0 aliphatic rings. The van der Waals surface area contributed by atoms with Crippen LogP contribution in [0.1, 0.15) is 36.5 Å². The van der Waals surface area contributed by atoms with Crippen LogP contribution < -0.4 is 4.72 Å². The standard InChI is InChI=1S/C14H23N5O2S/c1-8(2)7-19-12(6)13(11(5)17-19)22(20,21)18-14-9(3)10(4)15-16-14/h8H,7H2,1-6H3,(H2,15,16,18). The van der Waals surface area contributed by atoms with Gasteiger partial charge in [-0.25, -0.2) is 8.42 Å². The molecule has 0 aromatic carbocycles. The number of aromatic nitrogens is 4. The van der Waals surface area contributed by atoms with Crippen molar-refractivity contribution >= 4 is 15.8 Å². The fourth-order valence-corrected chi connectivity index (χ4v) is 3.84. The summed E-state index contributed by atoms with van der Waals surface area (Å²) in [5, 5.41) is 11.1. The van der Waals surface area contributed by atoms with Gasteiger partial charge in [-0.05, 0) is 33.6 Å². The molecule has 0 spiro atoms. The van der Waals surface area contributed by atoms with Gasteiger partial charge in [0.2, 0.25) is 0 Å². The zero-order valence-electron chi connectivity index (χ0n) is 13.9. The minimum Gasteiger partial charge on any atom is -0.280 e. The predicted octanol–water partition coefficient (Wildman–Crippen LogP) is 2.30. The Hall–Kier alpha value is -1.83. The largest absolute Gasteiger partial charge is 0.280 e. The van der Waals surface area contributed by atoms with Gasteiger partial charge in [0.1, 0.15) is 4.90 Å². The minimum atomic E-state index is -3.71. The number of rotatable bonds is 5. The van der Waals surface area contributed by atoms with Crippen molar-refractivity contribution in [3.63, 3.8) is 0 Å². The van der Waals surface area contributed by atoms with Crippen LogP contribution in [-0.2, 0) is 16.6 Å². The molecule has 122 valence electrons. The molecule has 2 aromatic heterocycles. The predicted molar refractivity (Wildman–Crippen MR) is 85.4 cm³/mol. The third-order valence-corrected chi connectivity index (χ3v) is 5.20. The molecule has 0 atom stereocenters. The molecule has 0 fully saturated rings. The van der Waals surface area contributed by atoms with E-state index in [1.54, 1.807) is 18.5 Å². The van der Waals surface area contributed by atoms with Crippen LogP contribution >= 0.6 is 0 Å². The molecule has 2 N–H and O–H groups in total. The summed E-state index contributed by atoms with van der Waals surface area (Å²) in [6.45, 7) is 12.0. The monoisotopic (exact) mass is 325 g/mol. The topological polar surface area (TPSA) is 92.7 Å². The van der Waals surface area contributed by atoms with Gasteiger partial charge in [0, 0.05) is 17.8 Å². The summed E-state index contributed by atoms with van der Waals surface area (Å²) in [7, 11) is -3.71. The van der Waals surface area contributed by atoms with E-state index in [1.165, 1.54) is 0 Å². The van der Waals surface area contributed by atoms with E-state index in [2.05, 4.69) is 33.9 Å². The van der Waals surface area contributed by atoms with E-state index >= 15 is 0 Å². The Bertz CT molecular complexity index is 787. The van der Waals surface area contributed by atoms with E-state index in [0.717, 1.165) is 11.3 Å². The van der Waals surface area contributed by atoms with Crippen LogP contribution in [0.25, 0.3) is 0 Å². The van der Waals surface area contributed by atoms with Crippen molar-refractivity contribution in [1.29, 1.82) is 0 Å². The third kappa shape index (κ3) is 3.01. The second-order valence-corrected chi connectivity index (χ2v) is 7.62. The summed E-state index contributed by atoms with van der Waals surface area (Å²) in [5.74, 6) is 0.714. The summed E-state index contributed by atoms with van der Waals surface area (Å²) in [6.07, 6.45) is 0. The zero-order valence-corrected chi connectivity index (χ0v) is 14.7. The number of nitrogens with one attached hydrogen (secondary N) is 2. The Morgan fingerprint density at radius 1 is 1.23 bits per heavy atom. The highest BCUT2D eigenvalue weighted by molar-refractivity contribution is 7.92. The number of nitrogens with zero attached hydrogens (tertiary/aromatic N) is 3. The van der Waals surface area contributed by atoms with Crippen LogP contribution in [0.15, 0.2) is 4.90 Å². The van der Waals surface area contributed by atoms with Crippen molar-refractivity contribution < 1.29 is 8.42 Å². The Labute approximate surface area is 131 Å². The number of aryl methyl sites for hydroxylation is 2. The van der Waals surface area contributed by atoms with E-state index in [9.17, 15) is 8.42 Å². The number of hydrogen-bond acceptors (Lipinski definition) is 4. The summed E-state index contributed by atoms with van der Waals surface area (Å²) in [6, 6.07) is 0. The van der Waals surface area contributed by atoms with Crippen LogP contribution in [0.4, 0.5) is 5.82 Å². The molecule has 0 saturated carbocycles. The molecule has 2 heterocycles. The second kappa shape index (κ2) is 5.75. The lowest BCUT2D eigenvalue weighted by atomic mass is 10.2. The smallest absolute Gasteiger partial charge is 0.266 e. The molecule has 0 bridgehead atoms. The van der Waals surface area contributed by atoms with E-state index in [1.807, 2.05) is 13.8 Å². The van der Waals surface area contributed by atoms with E-state index < -0.39 is 10.0 Å². The average molecular weight is 325 g/mol. The first-order valence-electron chi connectivity index (χ1n) is 7.22. The van der Waals surface area contributed by atoms with Gasteiger partial charge in [0.05, 0.1) is 11.4 Å². The maximum absolute atomic E-state index is 12.7. The van der Waals surface area contributed by atoms with Crippen molar-refractivity contribution in [3.8, 4) is 0 Å². The van der Waals surface area contributed by atoms with Gasteiger partial charge in [-0.2, -0.15) is 10.2 Å². The van der Waals surface area contributed by atoms with Gasteiger partial charge >= 0.3 is 0 Å². The quantitative estimate of drug-likeness (QED) is 0.882. The second-order valence-electron chi connectivity index (χ2n) is 6.00. The molecule has 2 aromatic rings. The number of anilines is 1. The first kappa shape index (κ1) is 16.5.